The lowest BCUT2D eigenvalue weighted by Crippen LogP contribution is -2.42. The minimum atomic E-state index is -0.609. The molecule has 0 spiro atoms. The van der Waals surface area contributed by atoms with Gasteiger partial charge in [0.05, 0.1) is 6.57 Å². The van der Waals surface area contributed by atoms with Crippen LogP contribution in [0.1, 0.15) is 96.5 Å². The van der Waals surface area contributed by atoms with Gasteiger partial charge in [0.1, 0.15) is 17.3 Å². The van der Waals surface area contributed by atoms with Gasteiger partial charge in [-0.2, -0.15) is 4.52 Å². The van der Waals surface area contributed by atoms with E-state index in [0.717, 1.165) is 24.8 Å². The fraction of sp³-hybridized carbons (Fsp3) is 0.576. The number of carbonyl (C=O) groups is 2. The smallest absolute Gasteiger partial charge is 0.415 e. The van der Waals surface area contributed by atoms with E-state index in [2.05, 4.69) is 56.5 Å². The third kappa shape index (κ3) is 6.04. The molecule has 1 saturated carbocycles. The van der Waals surface area contributed by atoms with Gasteiger partial charge in [-0.05, 0) is 61.8 Å². The lowest BCUT2D eigenvalue weighted by molar-refractivity contribution is -0.0467. The first-order valence-electron chi connectivity index (χ1n) is 15.3. The van der Waals surface area contributed by atoms with Crippen molar-refractivity contribution in [1.82, 2.24) is 19.5 Å². The molecule has 1 amide bonds. The number of nitrogens with one attached hydrogen (secondary N) is 1. The number of rotatable bonds is 9. The highest BCUT2D eigenvalue weighted by Crippen LogP contribution is 2.43. The Balaban J connectivity index is 1.83. The number of esters is 1. The Morgan fingerprint density at radius 2 is 1.64 bits per heavy atom. The molecule has 2 unspecified atom stereocenters. The highest BCUT2D eigenvalue weighted by atomic mass is 16.6. The van der Waals surface area contributed by atoms with Gasteiger partial charge in [-0.25, -0.2) is 14.4 Å². The predicted molar refractivity (Wildman–Crippen MR) is 164 cm³/mol. The first-order valence-corrected chi connectivity index (χ1v) is 15.3. The van der Waals surface area contributed by atoms with E-state index < -0.39 is 12.1 Å². The van der Waals surface area contributed by atoms with E-state index in [0.29, 0.717) is 36.7 Å². The average Bonchev–Trinajstić information content (AvgIpc) is 3.51. The molecule has 4 rings (SSSR count). The zero-order valence-electron chi connectivity index (χ0n) is 26.2. The number of hydrogen-bond acceptors (Lipinski definition) is 5. The third-order valence-corrected chi connectivity index (χ3v) is 8.76. The van der Waals surface area contributed by atoms with Crippen LogP contribution in [0.15, 0.2) is 24.3 Å². The summed E-state index contributed by atoms with van der Waals surface area (Å²) in [5, 5.41) is 4.68. The van der Waals surface area contributed by atoms with E-state index in [1.165, 1.54) is 15.0 Å². The Morgan fingerprint density at radius 3 is 2.14 bits per heavy atom. The Labute approximate surface area is 249 Å². The van der Waals surface area contributed by atoms with Crippen LogP contribution in [0.5, 0.6) is 5.88 Å². The number of ether oxygens (including phenoxy) is 2. The number of benzene rings is 1. The van der Waals surface area contributed by atoms with Gasteiger partial charge >= 0.3 is 12.1 Å². The molecule has 0 aliphatic heterocycles. The molecular formula is C33H45N5O4. The number of fused-ring (bicyclic) bond motifs is 1. The summed E-state index contributed by atoms with van der Waals surface area (Å²) >= 11 is 0. The molecule has 1 aromatic carbocycles. The van der Waals surface area contributed by atoms with Crippen molar-refractivity contribution < 1.29 is 19.1 Å². The standard InChI is InChI=1S/C33H45N5O4/c1-10-37(11-2)33(40)42-31-27(34-9)26(32(39)41-28-24(20(5)6)13-12-14-25(28)21(7)8)30-35-29(36-38(30)31)23-17-15-22(16-18-23)19(3)4/h15-21,24-25,28H,10-14H2,1-8H3,(H,35,36). The van der Waals surface area contributed by atoms with Crippen LogP contribution in [0.2, 0.25) is 0 Å². The molecule has 1 fully saturated rings. The lowest BCUT2D eigenvalue weighted by Gasteiger charge is -2.41. The Bertz CT molecular complexity index is 1420. The lowest BCUT2D eigenvalue weighted by atomic mass is 9.70. The largest absolute Gasteiger partial charge is 0.459 e. The molecule has 9 heteroatoms. The molecule has 1 N–H and O–H groups in total. The summed E-state index contributed by atoms with van der Waals surface area (Å²) in [6.07, 6.45) is 2.21. The minimum Gasteiger partial charge on any atom is -0.459 e. The highest BCUT2D eigenvalue weighted by Gasteiger charge is 2.41. The van der Waals surface area contributed by atoms with Crippen molar-refractivity contribution in [2.75, 3.05) is 13.1 Å². The second-order valence-electron chi connectivity index (χ2n) is 12.3. The van der Waals surface area contributed by atoms with Gasteiger partial charge in [-0.3, -0.25) is 0 Å². The maximum Gasteiger partial charge on any atom is 0.415 e. The fourth-order valence-electron chi connectivity index (χ4n) is 6.17. The monoisotopic (exact) mass is 575 g/mol. The van der Waals surface area contributed by atoms with Gasteiger partial charge in [-0.1, -0.05) is 72.2 Å². The third-order valence-electron chi connectivity index (χ3n) is 8.76. The molecule has 1 aliphatic rings. The Morgan fingerprint density at radius 1 is 1.05 bits per heavy atom. The van der Waals surface area contributed by atoms with Crippen molar-refractivity contribution >= 4 is 23.4 Å². The number of carbonyl (C=O) groups excluding carboxylic acids is 2. The number of hydrogen-bond donors (Lipinski definition) is 1. The zero-order chi connectivity index (χ0) is 30.7. The molecule has 3 aromatic rings. The molecule has 1 aliphatic carbocycles. The summed E-state index contributed by atoms with van der Waals surface area (Å²) in [5.74, 6) is 1.32. The zero-order valence-corrected chi connectivity index (χ0v) is 26.2. The summed E-state index contributed by atoms with van der Waals surface area (Å²) in [6.45, 7) is 25.5. The summed E-state index contributed by atoms with van der Waals surface area (Å²) in [4.78, 5) is 35.5. The van der Waals surface area contributed by atoms with Gasteiger partial charge in [-0.15, -0.1) is 5.10 Å². The Kier molecular flexibility index (Phi) is 9.65. The van der Waals surface area contributed by atoms with Crippen LogP contribution in [-0.2, 0) is 4.74 Å². The van der Waals surface area contributed by atoms with Crippen molar-refractivity contribution in [3.05, 3.63) is 46.8 Å². The molecule has 0 bridgehead atoms. The predicted octanol–water partition coefficient (Wildman–Crippen LogP) is 8.10. The van der Waals surface area contributed by atoms with E-state index in [-0.39, 0.29) is 40.7 Å². The summed E-state index contributed by atoms with van der Waals surface area (Å²) in [6, 6.07) is 8.01. The van der Waals surface area contributed by atoms with Crippen LogP contribution >= 0.6 is 0 Å². The highest BCUT2D eigenvalue weighted by molar-refractivity contribution is 6.05. The second kappa shape index (κ2) is 13.0. The molecule has 2 atom stereocenters. The molecule has 226 valence electrons. The van der Waals surface area contributed by atoms with E-state index in [9.17, 15) is 9.59 Å². The number of amides is 1. The molecule has 2 heterocycles. The quantitative estimate of drug-likeness (QED) is 0.206. The maximum absolute atomic E-state index is 14.1. The molecule has 0 radical (unpaired) electrons. The topological polar surface area (TPSA) is 93.3 Å². The van der Waals surface area contributed by atoms with Gasteiger partial charge < -0.3 is 19.4 Å². The summed E-state index contributed by atoms with van der Waals surface area (Å²) in [5.41, 5.74) is 2.23. The maximum atomic E-state index is 14.1. The van der Waals surface area contributed by atoms with Crippen LogP contribution in [0.4, 0.5) is 10.5 Å². The minimum absolute atomic E-state index is 0.0421. The van der Waals surface area contributed by atoms with Crippen molar-refractivity contribution in [1.29, 1.82) is 0 Å². The van der Waals surface area contributed by atoms with Gasteiger partial charge in [0, 0.05) is 18.7 Å². The summed E-state index contributed by atoms with van der Waals surface area (Å²) in [7, 11) is 0. The molecule has 42 heavy (non-hydrogen) atoms. The van der Waals surface area contributed by atoms with Crippen LogP contribution in [-0.4, -0.2) is 50.8 Å². The van der Waals surface area contributed by atoms with Crippen LogP contribution in [0, 0.1) is 30.2 Å². The number of aromatic nitrogens is 3. The van der Waals surface area contributed by atoms with Gasteiger partial charge in [0.15, 0.2) is 5.82 Å². The number of H-pyrrole nitrogens is 1. The average molecular weight is 576 g/mol. The van der Waals surface area contributed by atoms with E-state index >= 15 is 0 Å². The SMILES string of the molecule is [C-]#[N+]c1c(C(=O)OC2C(C(C)C)CCCC2C(C)C)c2[nH]c(-c3ccc(C(C)C)cc3)nn2c1OC(=O)N(CC)CC. The Hall–Kier alpha value is -3.80. The van der Waals surface area contributed by atoms with Gasteiger partial charge in [0.2, 0.25) is 5.88 Å². The molecular weight excluding hydrogens is 530 g/mol. The second-order valence-corrected chi connectivity index (χ2v) is 12.3. The normalized spacial score (nSPS) is 19.0. The van der Waals surface area contributed by atoms with Crippen molar-refractivity contribution in [3.8, 4) is 17.3 Å². The first-order chi connectivity index (χ1) is 20.0. The van der Waals surface area contributed by atoms with Crippen LogP contribution < -0.4 is 4.74 Å². The van der Waals surface area contributed by atoms with Crippen molar-refractivity contribution in [3.63, 3.8) is 0 Å². The first kappa shape index (κ1) is 31.1. The summed E-state index contributed by atoms with van der Waals surface area (Å²) < 4.78 is 13.5. The van der Waals surface area contributed by atoms with Crippen LogP contribution in [0.3, 0.4) is 0 Å². The van der Waals surface area contributed by atoms with Gasteiger partial charge in [0.25, 0.3) is 5.69 Å². The molecule has 9 nitrogen and oxygen atoms in total. The van der Waals surface area contributed by atoms with Crippen molar-refractivity contribution in [2.24, 2.45) is 23.7 Å². The van der Waals surface area contributed by atoms with Crippen molar-refractivity contribution in [2.45, 2.75) is 86.7 Å². The van der Waals surface area contributed by atoms with Crippen LogP contribution in [0.25, 0.3) is 21.9 Å². The number of aromatic amines is 1. The fourth-order valence-corrected chi connectivity index (χ4v) is 6.17. The molecule has 0 saturated heterocycles. The van der Waals surface area contributed by atoms with E-state index in [1.54, 1.807) is 0 Å². The van der Waals surface area contributed by atoms with E-state index in [4.69, 9.17) is 16.0 Å². The molecule has 2 aromatic heterocycles. The van der Waals surface area contributed by atoms with E-state index in [1.807, 2.05) is 38.1 Å². The number of nitrogens with zero attached hydrogens (tertiary/aromatic N) is 4.